The third-order valence-corrected chi connectivity index (χ3v) is 5.96. The van der Waals surface area contributed by atoms with Crippen molar-refractivity contribution in [2.45, 2.75) is 25.5 Å². The monoisotopic (exact) mass is 460 g/mol. The summed E-state index contributed by atoms with van der Waals surface area (Å²) in [5.74, 6) is 1.50. The van der Waals surface area contributed by atoms with E-state index in [0.29, 0.717) is 18.9 Å². The molecule has 1 atom stereocenters. The third kappa shape index (κ3) is 4.36. The van der Waals surface area contributed by atoms with E-state index in [1.165, 1.54) is 19.2 Å². The number of rotatable bonds is 8. The maximum absolute atomic E-state index is 13.6. The minimum atomic E-state index is -0.287. The maximum Gasteiger partial charge on any atom is 0.316 e. The van der Waals surface area contributed by atoms with E-state index >= 15 is 0 Å². The van der Waals surface area contributed by atoms with Crippen LogP contribution in [0.2, 0.25) is 0 Å². The third-order valence-electron chi connectivity index (χ3n) is 5.96. The van der Waals surface area contributed by atoms with E-state index in [-0.39, 0.29) is 17.9 Å². The van der Waals surface area contributed by atoms with Crippen molar-refractivity contribution < 1.29 is 18.6 Å². The molecule has 34 heavy (non-hydrogen) atoms. The van der Waals surface area contributed by atoms with Crippen LogP contribution < -0.4 is 9.47 Å². The zero-order valence-electron chi connectivity index (χ0n) is 19.1. The fourth-order valence-corrected chi connectivity index (χ4v) is 4.29. The molecule has 174 valence electrons. The Kier molecular flexibility index (Phi) is 6.22. The van der Waals surface area contributed by atoms with Crippen molar-refractivity contribution in [3.63, 3.8) is 0 Å². The summed E-state index contributed by atoms with van der Waals surface area (Å²) in [4.78, 5) is 13.6. The largest absolute Gasteiger partial charge is 0.497 e. The normalized spacial score (nSPS) is 14.7. The summed E-state index contributed by atoms with van der Waals surface area (Å²) in [6.07, 6.45) is 3.41. The zero-order valence-corrected chi connectivity index (χ0v) is 19.1. The van der Waals surface area contributed by atoms with Crippen LogP contribution in [0.4, 0.5) is 4.39 Å². The second kappa shape index (κ2) is 9.61. The first kappa shape index (κ1) is 22.0. The van der Waals surface area contributed by atoms with Crippen LogP contribution in [-0.2, 0) is 17.8 Å². The number of methoxy groups -OCH3 is 2. The smallest absolute Gasteiger partial charge is 0.316 e. The highest BCUT2D eigenvalue weighted by molar-refractivity contribution is 5.77. The molecule has 0 radical (unpaired) electrons. The quantitative estimate of drug-likeness (QED) is 0.374. The lowest BCUT2D eigenvalue weighted by molar-refractivity contribution is 0.0924. The van der Waals surface area contributed by atoms with E-state index in [1.54, 1.807) is 25.4 Å². The summed E-state index contributed by atoms with van der Waals surface area (Å²) in [5, 5.41) is 0. The summed E-state index contributed by atoms with van der Waals surface area (Å²) in [5.41, 5.74) is 4.23. The van der Waals surface area contributed by atoms with Crippen LogP contribution in [0, 0.1) is 5.82 Å². The van der Waals surface area contributed by atoms with Gasteiger partial charge >= 0.3 is 6.01 Å². The molecule has 2 aromatic heterocycles. The Labute approximate surface area is 197 Å². The first-order valence-electron chi connectivity index (χ1n) is 11.1. The van der Waals surface area contributed by atoms with Crippen molar-refractivity contribution in [3.05, 3.63) is 78.0 Å². The molecule has 0 saturated heterocycles. The Morgan fingerprint density at radius 1 is 0.971 bits per heavy atom. The lowest BCUT2D eigenvalue weighted by atomic mass is 10.1. The molecule has 4 aromatic rings. The van der Waals surface area contributed by atoms with Crippen molar-refractivity contribution in [1.82, 2.24) is 19.5 Å². The van der Waals surface area contributed by atoms with E-state index in [1.807, 2.05) is 30.3 Å². The number of nitrogens with zero attached hydrogens (tertiary/aromatic N) is 4. The van der Waals surface area contributed by atoms with E-state index in [4.69, 9.17) is 19.2 Å². The van der Waals surface area contributed by atoms with Crippen molar-refractivity contribution in [2.75, 3.05) is 20.8 Å². The van der Waals surface area contributed by atoms with E-state index < -0.39 is 0 Å². The maximum atomic E-state index is 13.6. The van der Waals surface area contributed by atoms with Crippen LogP contribution in [0.25, 0.3) is 22.6 Å². The van der Waals surface area contributed by atoms with Crippen molar-refractivity contribution in [1.29, 1.82) is 0 Å². The first-order chi connectivity index (χ1) is 16.7. The number of hydrogen-bond donors (Lipinski definition) is 0. The molecule has 5 rings (SSSR count). The Morgan fingerprint density at radius 2 is 1.76 bits per heavy atom. The first-order valence-corrected chi connectivity index (χ1v) is 11.1. The topological polar surface area (TPSA) is 71.3 Å². The summed E-state index contributed by atoms with van der Waals surface area (Å²) in [7, 11) is 3.19. The van der Waals surface area contributed by atoms with Gasteiger partial charge in [0.1, 0.15) is 17.4 Å². The fourth-order valence-electron chi connectivity index (χ4n) is 4.29. The predicted octanol–water partition coefficient (Wildman–Crippen LogP) is 4.87. The molecule has 1 aliphatic heterocycles. The second-order valence-corrected chi connectivity index (χ2v) is 8.09. The molecule has 7 nitrogen and oxygen atoms in total. The molecule has 0 spiro atoms. The SMILES string of the molecule is COc1ccc(COC[C@@H]2CCc3nc(-c4ccc(F)cc4)c(-c4ccnc(OC)n4)n32)cc1. The molecule has 0 N–H and O–H groups in total. The van der Waals surface area contributed by atoms with E-state index in [2.05, 4.69) is 14.5 Å². The number of imidazole rings is 1. The van der Waals surface area contributed by atoms with Crippen molar-refractivity contribution >= 4 is 0 Å². The highest BCUT2D eigenvalue weighted by Gasteiger charge is 2.31. The number of hydrogen-bond acceptors (Lipinski definition) is 6. The van der Waals surface area contributed by atoms with Crippen LogP contribution in [0.3, 0.4) is 0 Å². The predicted molar refractivity (Wildman–Crippen MR) is 125 cm³/mol. The average Bonchev–Trinajstić information content (AvgIpc) is 3.45. The van der Waals surface area contributed by atoms with Gasteiger partial charge in [0.05, 0.1) is 50.6 Å². The van der Waals surface area contributed by atoms with Gasteiger partial charge in [0.25, 0.3) is 0 Å². The van der Waals surface area contributed by atoms with E-state index in [9.17, 15) is 4.39 Å². The molecule has 0 saturated carbocycles. The van der Waals surface area contributed by atoms with Gasteiger partial charge in [-0.1, -0.05) is 12.1 Å². The Balaban J connectivity index is 1.46. The van der Waals surface area contributed by atoms with Gasteiger partial charge in [0.15, 0.2) is 0 Å². The molecule has 0 fully saturated rings. The van der Waals surface area contributed by atoms with Crippen LogP contribution in [0.15, 0.2) is 60.8 Å². The summed E-state index contributed by atoms with van der Waals surface area (Å²) >= 11 is 0. The molecule has 1 aliphatic rings. The zero-order chi connectivity index (χ0) is 23.5. The summed E-state index contributed by atoms with van der Waals surface area (Å²) < 4.78 is 32.4. The Bertz CT molecular complexity index is 1270. The molecule has 0 unspecified atom stereocenters. The summed E-state index contributed by atoms with van der Waals surface area (Å²) in [6.45, 7) is 1.04. The molecular formula is C26H25FN4O3. The molecule has 0 bridgehead atoms. The number of fused-ring (bicyclic) bond motifs is 1. The minimum Gasteiger partial charge on any atom is -0.497 e. The lowest BCUT2D eigenvalue weighted by Gasteiger charge is -2.18. The average molecular weight is 461 g/mol. The second-order valence-electron chi connectivity index (χ2n) is 8.09. The van der Waals surface area contributed by atoms with Gasteiger partial charge in [-0.05, 0) is 54.4 Å². The number of aryl methyl sites for hydroxylation is 1. The fraction of sp³-hybridized carbons (Fsp3) is 0.269. The highest BCUT2D eigenvalue weighted by atomic mass is 19.1. The van der Waals surface area contributed by atoms with Crippen LogP contribution in [0.5, 0.6) is 11.8 Å². The van der Waals surface area contributed by atoms with Crippen LogP contribution in [-0.4, -0.2) is 40.3 Å². The number of halogens is 1. The van der Waals surface area contributed by atoms with Gasteiger partial charge < -0.3 is 18.8 Å². The van der Waals surface area contributed by atoms with Crippen molar-refractivity contribution in [2.24, 2.45) is 0 Å². The van der Waals surface area contributed by atoms with E-state index in [0.717, 1.165) is 46.9 Å². The van der Waals surface area contributed by atoms with Crippen molar-refractivity contribution in [3.8, 4) is 34.4 Å². The molecule has 3 heterocycles. The van der Waals surface area contributed by atoms with Gasteiger partial charge in [0, 0.05) is 18.2 Å². The summed E-state index contributed by atoms with van der Waals surface area (Å²) in [6, 6.07) is 16.5. The molecule has 2 aromatic carbocycles. The lowest BCUT2D eigenvalue weighted by Crippen LogP contribution is -2.13. The standard InChI is InChI=1S/C26H25FN4O3/c1-32-21-10-3-17(4-11-21)15-34-16-20-9-12-23-30-24(18-5-7-19(27)8-6-18)25(31(20)23)22-13-14-28-26(29-22)33-2/h3-8,10-11,13-14,20H,9,12,15-16H2,1-2H3/t20-/m0/s1. The number of ether oxygens (including phenoxy) is 3. The molecule has 8 heteroatoms. The number of benzene rings is 2. The number of aromatic nitrogens is 4. The highest BCUT2D eigenvalue weighted by Crippen LogP contribution is 2.39. The Morgan fingerprint density at radius 3 is 2.50 bits per heavy atom. The molecule has 0 amide bonds. The van der Waals surface area contributed by atoms with Gasteiger partial charge in [-0.3, -0.25) is 0 Å². The van der Waals surface area contributed by atoms with Crippen LogP contribution in [0.1, 0.15) is 23.9 Å². The minimum absolute atomic E-state index is 0.103. The van der Waals surface area contributed by atoms with Gasteiger partial charge in [-0.2, -0.15) is 4.98 Å². The van der Waals surface area contributed by atoms with Gasteiger partial charge in [0.2, 0.25) is 0 Å². The molecule has 0 aliphatic carbocycles. The van der Waals surface area contributed by atoms with Crippen LogP contribution >= 0.6 is 0 Å². The van der Waals surface area contributed by atoms with Gasteiger partial charge in [-0.15, -0.1) is 0 Å². The molecular weight excluding hydrogens is 435 g/mol. The Hall–Kier alpha value is -3.78. The van der Waals surface area contributed by atoms with Gasteiger partial charge in [-0.25, -0.2) is 14.4 Å².